The van der Waals surface area contributed by atoms with Gasteiger partial charge in [0.15, 0.2) is 5.76 Å². The summed E-state index contributed by atoms with van der Waals surface area (Å²) in [5.74, 6) is -2.97. The SMILES string of the molecule is CO/C(=C\c1ccc(N(C)CCO)cc1F)C(=O)N(C=O)CCC(=O)O. The van der Waals surface area contributed by atoms with Crippen LogP contribution in [0.15, 0.2) is 24.0 Å². The van der Waals surface area contributed by atoms with Gasteiger partial charge >= 0.3 is 5.97 Å². The third-order valence-corrected chi connectivity index (χ3v) is 3.53. The van der Waals surface area contributed by atoms with Crippen LogP contribution < -0.4 is 4.90 Å². The molecule has 142 valence electrons. The molecule has 0 bridgehead atoms. The highest BCUT2D eigenvalue weighted by molar-refractivity contribution is 6.01. The lowest BCUT2D eigenvalue weighted by atomic mass is 10.1. The Balaban J connectivity index is 3.05. The van der Waals surface area contributed by atoms with Gasteiger partial charge < -0.3 is 19.8 Å². The second kappa shape index (κ2) is 10.1. The highest BCUT2D eigenvalue weighted by atomic mass is 19.1. The lowest BCUT2D eigenvalue weighted by Gasteiger charge is -2.18. The number of halogens is 1. The van der Waals surface area contributed by atoms with Crippen molar-refractivity contribution in [3.8, 4) is 0 Å². The molecule has 26 heavy (non-hydrogen) atoms. The van der Waals surface area contributed by atoms with E-state index in [2.05, 4.69) is 0 Å². The highest BCUT2D eigenvalue weighted by Crippen LogP contribution is 2.20. The molecule has 0 fully saturated rings. The normalized spacial score (nSPS) is 11.0. The molecule has 0 aliphatic carbocycles. The molecule has 2 N–H and O–H groups in total. The summed E-state index contributed by atoms with van der Waals surface area (Å²) in [5, 5.41) is 17.6. The average Bonchev–Trinajstić information content (AvgIpc) is 2.60. The number of carboxylic acid groups (broad SMARTS) is 1. The van der Waals surface area contributed by atoms with E-state index in [4.69, 9.17) is 14.9 Å². The first-order valence-electron chi connectivity index (χ1n) is 7.69. The fraction of sp³-hybridized carbons (Fsp3) is 0.353. The van der Waals surface area contributed by atoms with Crippen LogP contribution in [0.3, 0.4) is 0 Å². The zero-order valence-corrected chi connectivity index (χ0v) is 14.5. The van der Waals surface area contributed by atoms with Crippen molar-refractivity contribution in [3.05, 3.63) is 35.3 Å². The fourth-order valence-electron chi connectivity index (χ4n) is 2.06. The van der Waals surface area contributed by atoms with Crippen LogP contribution in [0.25, 0.3) is 6.08 Å². The Morgan fingerprint density at radius 2 is 2.00 bits per heavy atom. The molecule has 0 spiro atoms. The van der Waals surface area contributed by atoms with Gasteiger partial charge in [0.2, 0.25) is 6.41 Å². The number of hydrogen-bond donors (Lipinski definition) is 2. The number of carbonyl (C=O) groups excluding carboxylic acids is 2. The minimum absolute atomic E-state index is 0.0560. The van der Waals surface area contributed by atoms with Gasteiger partial charge in [-0.15, -0.1) is 0 Å². The van der Waals surface area contributed by atoms with Crippen molar-refractivity contribution in [1.82, 2.24) is 4.90 Å². The Kier molecular flexibility index (Phi) is 8.23. The predicted octanol–water partition coefficient (Wildman–Crippen LogP) is 0.701. The monoisotopic (exact) mass is 368 g/mol. The number of imide groups is 1. The van der Waals surface area contributed by atoms with E-state index in [9.17, 15) is 18.8 Å². The molecule has 0 aromatic heterocycles. The average molecular weight is 368 g/mol. The molecule has 0 aliphatic heterocycles. The molecule has 1 aromatic carbocycles. The Labute approximate surface area is 150 Å². The first-order valence-corrected chi connectivity index (χ1v) is 7.69. The molecule has 1 rings (SSSR count). The van der Waals surface area contributed by atoms with Crippen molar-refractivity contribution in [1.29, 1.82) is 0 Å². The first-order chi connectivity index (χ1) is 12.3. The molecule has 0 heterocycles. The molecule has 0 atom stereocenters. The number of methoxy groups -OCH3 is 1. The summed E-state index contributed by atoms with van der Waals surface area (Å²) >= 11 is 0. The van der Waals surface area contributed by atoms with Gasteiger partial charge in [0, 0.05) is 31.4 Å². The van der Waals surface area contributed by atoms with Crippen molar-refractivity contribution in [2.75, 3.05) is 38.8 Å². The maximum atomic E-state index is 14.3. The van der Waals surface area contributed by atoms with E-state index >= 15 is 0 Å². The Morgan fingerprint density at radius 1 is 1.31 bits per heavy atom. The Hall–Kier alpha value is -2.94. The number of hydrogen-bond acceptors (Lipinski definition) is 6. The van der Waals surface area contributed by atoms with Crippen LogP contribution in [-0.2, 0) is 19.1 Å². The summed E-state index contributed by atoms with van der Waals surface area (Å²) in [7, 11) is 2.88. The minimum Gasteiger partial charge on any atom is -0.491 e. The number of benzene rings is 1. The number of likely N-dealkylation sites (N-methyl/N-ethyl adjacent to an activating group) is 1. The number of aliphatic hydroxyl groups is 1. The number of aliphatic hydroxyl groups excluding tert-OH is 1. The summed E-state index contributed by atoms with van der Waals surface area (Å²) in [6.07, 6.45) is 0.911. The van der Waals surface area contributed by atoms with Crippen LogP contribution in [0.1, 0.15) is 12.0 Å². The third-order valence-electron chi connectivity index (χ3n) is 3.53. The highest BCUT2D eigenvalue weighted by Gasteiger charge is 2.20. The zero-order chi connectivity index (χ0) is 19.7. The fourth-order valence-corrected chi connectivity index (χ4v) is 2.06. The molecule has 0 saturated heterocycles. The van der Waals surface area contributed by atoms with Gasteiger partial charge in [-0.3, -0.25) is 19.3 Å². The molecule has 0 unspecified atom stereocenters. The first kappa shape index (κ1) is 21.1. The van der Waals surface area contributed by atoms with E-state index in [0.29, 0.717) is 17.1 Å². The lowest BCUT2D eigenvalue weighted by molar-refractivity contribution is -0.140. The summed E-state index contributed by atoms with van der Waals surface area (Å²) in [5.41, 5.74) is 0.593. The Morgan fingerprint density at radius 3 is 2.50 bits per heavy atom. The van der Waals surface area contributed by atoms with Gasteiger partial charge in [-0.25, -0.2) is 4.39 Å². The Bertz CT molecular complexity index is 692. The van der Waals surface area contributed by atoms with E-state index in [-0.39, 0.29) is 30.9 Å². The molecule has 0 saturated carbocycles. The van der Waals surface area contributed by atoms with Gasteiger partial charge in [-0.2, -0.15) is 0 Å². The summed E-state index contributed by atoms with van der Waals surface area (Å²) in [4.78, 5) is 36.1. The van der Waals surface area contributed by atoms with Crippen molar-refractivity contribution in [2.45, 2.75) is 6.42 Å². The van der Waals surface area contributed by atoms with Gasteiger partial charge in [-0.1, -0.05) is 0 Å². The number of anilines is 1. The van der Waals surface area contributed by atoms with E-state index in [1.807, 2.05) is 0 Å². The number of aliphatic carboxylic acids is 1. The number of carboxylic acids is 1. The molecular formula is C17H21FN2O6. The number of rotatable bonds is 10. The molecule has 2 amide bonds. The van der Waals surface area contributed by atoms with Crippen LogP contribution in [0.5, 0.6) is 0 Å². The zero-order valence-electron chi connectivity index (χ0n) is 14.5. The third kappa shape index (κ3) is 5.85. The quantitative estimate of drug-likeness (QED) is 0.356. The molecule has 8 nitrogen and oxygen atoms in total. The largest absolute Gasteiger partial charge is 0.491 e. The van der Waals surface area contributed by atoms with Crippen molar-refractivity contribution in [3.63, 3.8) is 0 Å². The van der Waals surface area contributed by atoms with E-state index in [1.165, 1.54) is 19.2 Å². The van der Waals surface area contributed by atoms with E-state index in [1.54, 1.807) is 18.0 Å². The number of amides is 2. The molecule has 0 aliphatic rings. The van der Waals surface area contributed by atoms with E-state index in [0.717, 1.165) is 6.08 Å². The smallest absolute Gasteiger partial charge is 0.305 e. The van der Waals surface area contributed by atoms with Crippen LogP contribution >= 0.6 is 0 Å². The number of nitrogens with zero attached hydrogens (tertiary/aromatic N) is 2. The van der Waals surface area contributed by atoms with Crippen LogP contribution in [0.4, 0.5) is 10.1 Å². The maximum Gasteiger partial charge on any atom is 0.305 e. The van der Waals surface area contributed by atoms with E-state index < -0.39 is 24.1 Å². The van der Waals surface area contributed by atoms with Gasteiger partial charge in [0.25, 0.3) is 5.91 Å². The summed E-state index contributed by atoms with van der Waals surface area (Å²) in [6.45, 7) is -0.0833. The minimum atomic E-state index is -1.17. The van der Waals surface area contributed by atoms with Crippen molar-refractivity contribution < 1.29 is 33.7 Å². The molecule has 9 heteroatoms. The van der Waals surface area contributed by atoms with Crippen LogP contribution in [0.2, 0.25) is 0 Å². The molecule has 0 radical (unpaired) electrons. The van der Waals surface area contributed by atoms with Gasteiger partial charge in [0.05, 0.1) is 20.1 Å². The predicted molar refractivity (Wildman–Crippen MR) is 91.8 cm³/mol. The summed E-state index contributed by atoms with van der Waals surface area (Å²) < 4.78 is 19.2. The molecule has 1 aromatic rings. The van der Waals surface area contributed by atoms with Crippen LogP contribution in [-0.4, -0.2) is 67.3 Å². The second-order valence-electron chi connectivity index (χ2n) is 5.31. The standard InChI is InChI=1S/C17H21FN2O6/c1-19(7-8-21)13-4-3-12(14(18)10-13)9-15(26-2)17(25)20(11-22)6-5-16(23)24/h3-4,9-11,21H,5-8H2,1-2H3,(H,23,24)/b15-9-. The lowest BCUT2D eigenvalue weighted by Crippen LogP contribution is -2.33. The van der Waals surface area contributed by atoms with Gasteiger partial charge in [0.1, 0.15) is 5.82 Å². The second-order valence-corrected chi connectivity index (χ2v) is 5.31. The topological polar surface area (TPSA) is 107 Å². The maximum absolute atomic E-state index is 14.3. The van der Waals surface area contributed by atoms with Crippen LogP contribution in [0, 0.1) is 5.82 Å². The van der Waals surface area contributed by atoms with Crippen molar-refractivity contribution in [2.24, 2.45) is 0 Å². The molecular weight excluding hydrogens is 347 g/mol. The number of carbonyl (C=O) groups is 3. The number of ether oxygens (including phenoxy) is 1. The summed E-state index contributed by atoms with van der Waals surface area (Å²) in [6, 6.07) is 4.26. The van der Waals surface area contributed by atoms with Crippen molar-refractivity contribution >= 4 is 30.0 Å². The van der Waals surface area contributed by atoms with Gasteiger partial charge in [-0.05, 0) is 24.3 Å².